The molecule has 0 saturated heterocycles. The quantitative estimate of drug-likeness (QED) is 0.0349. The molecule has 0 aromatic rings. The lowest BCUT2D eigenvalue weighted by Crippen LogP contribution is -2.30. The van der Waals surface area contributed by atoms with Crippen molar-refractivity contribution < 1.29 is 19.1 Å². The molecule has 428 valence electrons. The Morgan fingerprint density at radius 2 is 0.671 bits per heavy atom. The van der Waals surface area contributed by atoms with Gasteiger partial charge < -0.3 is 9.47 Å². The van der Waals surface area contributed by atoms with Crippen LogP contribution in [0.4, 0.5) is 0 Å². The third-order valence-corrected chi connectivity index (χ3v) is 16.1. The van der Waals surface area contributed by atoms with Gasteiger partial charge in [-0.2, -0.15) is 0 Å². The van der Waals surface area contributed by atoms with Crippen LogP contribution in [0.5, 0.6) is 0 Å². The molecule has 0 aliphatic heterocycles. The zero-order chi connectivity index (χ0) is 55.9. The largest absolute Gasteiger partial charge is 0.458 e. The molecule has 0 spiro atoms. The minimum atomic E-state index is -0.128. The van der Waals surface area contributed by atoms with Gasteiger partial charge in [-0.25, -0.2) is 0 Å². The predicted molar refractivity (Wildman–Crippen MR) is 333 cm³/mol. The summed E-state index contributed by atoms with van der Waals surface area (Å²) in [7, 11) is 0. The number of carbonyl (C=O) groups is 2. The highest BCUT2D eigenvalue weighted by atomic mass is 16.5. The summed E-state index contributed by atoms with van der Waals surface area (Å²) in [6.45, 7) is 26.6. The number of ether oxygens (including phenoxy) is 2. The van der Waals surface area contributed by atoms with Crippen molar-refractivity contribution in [2.24, 2.45) is 10.8 Å². The van der Waals surface area contributed by atoms with Crippen LogP contribution in [0.25, 0.3) is 0 Å². The summed E-state index contributed by atoms with van der Waals surface area (Å²) >= 11 is 0. The van der Waals surface area contributed by atoms with Crippen LogP contribution in [-0.4, -0.2) is 24.1 Å². The third-order valence-electron chi connectivity index (χ3n) is 16.1. The van der Waals surface area contributed by atoms with Crippen molar-refractivity contribution >= 4 is 11.9 Å². The maximum Gasteiger partial charge on any atom is 0.306 e. The highest BCUT2D eigenvalue weighted by molar-refractivity contribution is 5.70. The molecule has 2 aliphatic carbocycles. The minimum Gasteiger partial charge on any atom is -0.458 e. The summed E-state index contributed by atoms with van der Waals surface area (Å²) in [5.74, 6) is -0.0848. The van der Waals surface area contributed by atoms with Crippen molar-refractivity contribution in [2.45, 2.75) is 301 Å². The topological polar surface area (TPSA) is 52.6 Å². The Kier molecular flexibility index (Phi) is 36.9. The molecule has 0 fully saturated rings. The molecule has 2 unspecified atom stereocenters. The molecule has 2 atom stereocenters. The Morgan fingerprint density at radius 1 is 0.408 bits per heavy atom. The minimum absolute atomic E-state index is 0.0380. The molecule has 4 heteroatoms. The van der Waals surface area contributed by atoms with Crippen LogP contribution in [0.1, 0.15) is 289 Å². The van der Waals surface area contributed by atoms with Gasteiger partial charge in [0.15, 0.2) is 0 Å². The molecule has 0 radical (unpaired) electrons. The lowest BCUT2D eigenvalue weighted by atomic mass is 9.71. The van der Waals surface area contributed by atoms with Crippen molar-refractivity contribution in [1.82, 2.24) is 0 Å². The van der Waals surface area contributed by atoms with E-state index in [0.717, 1.165) is 51.4 Å². The van der Waals surface area contributed by atoms with E-state index in [2.05, 4.69) is 168 Å². The molecule has 0 amide bonds. The standard InChI is InChI=1S/C72H116O4/c1-13-15-17-19-21-23-25-27-29-31-33-35-37-49-69(73)75-67-55-57-71(9,10)65(63(67)7)53-51-61(5)47-41-45-59(3)43-39-40-44-60(4)46-42-48-62(6)52-54-66-64(8)68(56-58-72(66,11)12)76-70(74)50-38-36-34-32-30-28-26-24-22-20-18-16-14-2/h39-48,51-54,67-68H,13-38,49-50,55-58H2,1-12H3/b40-39+,45-41+,46-42+,53-51+,54-52+,59-43+,60-44+,61-47+,62-48+. The van der Waals surface area contributed by atoms with E-state index in [-0.39, 0.29) is 35.0 Å². The number of rotatable bonds is 40. The molecule has 0 saturated carbocycles. The van der Waals surface area contributed by atoms with Gasteiger partial charge in [0.05, 0.1) is 0 Å². The van der Waals surface area contributed by atoms with Gasteiger partial charge in [-0.05, 0) is 113 Å². The number of carbonyl (C=O) groups excluding carboxylic acids is 2. The summed E-state index contributed by atoms with van der Waals surface area (Å²) < 4.78 is 12.2. The van der Waals surface area contributed by atoms with Crippen LogP contribution in [0.3, 0.4) is 0 Å². The van der Waals surface area contributed by atoms with Gasteiger partial charge in [0.2, 0.25) is 0 Å². The molecule has 0 aromatic carbocycles. The van der Waals surface area contributed by atoms with E-state index in [1.807, 2.05) is 0 Å². The van der Waals surface area contributed by atoms with E-state index < -0.39 is 0 Å². The maximum atomic E-state index is 12.9. The van der Waals surface area contributed by atoms with Crippen LogP contribution < -0.4 is 0 Å². The van der Waals surface area contributed by atoms with Crippen molar-refractivity contribution in [1.29, 1.82) is 0 Å². The first-order valence-electron chi connectivity index (χ1n) is 31.4. The summed E-state index contributed by atoms with van der Waals surface area (Å²) in [6.07, 6.45) is 68.6. The number of esters is 2. The van der Waals surface area contributed by atoms with Gasteiger partial charge in [-0.3, -0.25) is 9.59 Å². The van der Waals surface area contributed by atoms with Gasteiger partial charge >= 0.3 is 11.9 Å². The first-order chi connectivity index (χ1) is 36.5. The predicted octanol–water partition coefficient (Wildman–Crippen LogP) is 22.6. The van der Waals surface area contributed by atoms with E-state index >= 15 is 0 Å². The average molecular weight is 1050 g/mol. The molecule has 0 heterocycles. The Balaban J connectivity index is 1.80. The second-order valence-electron chi connectivity index (χ2n) is 24.4. The van der Waals surface area contributed by atoms with E-state index in [4.69, 9.17) is 9.47 Å². The fourth-order valence-electron chi connectivity index (χ4n) is 10.9. The lowest BCUT2D eigenvalue weighted by molar-refractivity contribution is -0.149. The lowest BCUT2D eigenvalue weighted by Gasteiger charge is -2.37. The van der Waals surface area contributed by atoms with E-state index in [1.165, 1.54) is 186 Å². The fraction of sp³-hybridized carbons (Fsp3) is 0.667. The first-order valence-corrected chi connectivity index (χ1v) is 31.4. The zero-order valence-corrected chi connectivity index (χ0v) is 51.5. The fourth-order valence-corrected chi connectivity index (χ4v) is 10.9. The monoisotopic (exact) mass is 1040 g/mol. The number of hydrogen-bond donors (Lipinski definition) is 0. The van der Waals surface area contributed by atoms with Crippen molar-refractivity contribution in [3.63, 3.8) is 0 Å². The molecule has 0 N–H and O–H groups in total. The second-order valence-corrected chi connectivity index (χ2v) is 24.4. The number of allylic oxidation sites excluding steroid dienone is 20. The highest BCUT2D eigenvalue weighted by Crippen LogP contribution is 2.43. The zero-order valence-electron chi connectivity index (χ0n) is 51.5. The normalized spacial score (nSPS) is 19.0. The average Bonchev–Trinajstić information content (AvgIpc) is 3.37. The Labute approximate surface area is 470 Å². The first kappa shape index (κ1) is 68.2. The maximum absolute atomic E-state index is 12.9. The Morgan fingerprint density at radius 3 is 0.974 bits per heavy atom. The molecule has 0 aromatic heterocycles. The molecule has 76 heavy (non-hydrogen) atoms. The van der Waals surface area contributed by atoms with Gasteiger partial charge in [-0.15, -0.1) is 0 Å². The molecule has 2 aliphatic rings. The summed E-state index contributed by atoms with van der Waals surface area (Å²) in [5, 5.41) is 0. The van der Waals surface area contributed by atoms with Crippen LogP contribution in [0, 0.1) is 10.8 Å². The van der Waals surface area contributed by atoms with E-state index in [1.54, 1.807) is 0 Å². The van der Waals surface area contributed by atoms with E-state index in [9.17, 15) is 9.59 Å². The van der Waals surface area contributed by atoms with E-state index in [0.29, 0.717) is 12.8 Å². The van der Waals surface area contributed by atoms with Gasteiger partial charge in [-0.1, -0.05) is 303 Å². The van der Waals surface area contributed by atoms with Gasteiger partial charge in [0.1, 0.15) is 12.2 Å². The smallest absolute Gasteiger partial charge is 0.306 e. The second kappa shape index (κ2) is 41.2. The number of hydrogen-bond acceptors (Lipinski definition) is 4. The molecule has 0 bridgehead atoms. The molecular formula is C72H116O4. The molecular weight excluding hydrogens is 929 g/mol. The van der Waals surface area contributed by atoms with Crippen LogP contribution in [0.2, 0.25) is 0 Å². The molecule has 2 rings (SSSR count). The number of unbranched alkanes of at least 4 members (excludes halogenated alkanes) is 24. The summed E-state index contributed by atoms with van der Waals surface area (Å²) in [6, 6.07) is 0. The van der Waals surface area contributed by atoms with Crippen LogP contribution in [0.15, 0.2) is 130 Å². The van der Waals surface area contributed by atoms with Crippen molar-refractivity contribution in [3.05, 3.63) is 130 Å². The van der Waals surface area contributed by atoms with Gasteiger partial charge in [0.25, 0.3) is 0 Å². The van der Waals surface area contributed by atoms with Crippen molar-refractivity contribution in [2.75, 3.05) is 0 Å². The SMILES string of the molecule is CCCCCCCCCCCCCCCC(=O)OC1CCC(C)(C)C(/C=C/C(C)=C/C=C/C(C)=C/C=C/C=C(C)/C=C/C=C(C)/C=C/C2=C(C)C(OC(=O)CCCCCCCCCCCCCCC)CCC2(C)C)=C1C. The Bertz CT molecular complexity index is 1850. The Hall–Kier alpha value is -3.92. The van der Waals surface area contributed by atoms with Crippen LogP contribution in [-0.2, 0) is 19.1 Å². The van der Waals surface area contributed by atoms with Crippen molar-refractivity contribution in [3.8, 4) is 0 Å². The van der Waals surface area contributed by atoms with Gasteiger partial charge in [0, 0.05) is 12.8 Å². The summed E-state index contributed by atoms with van der Waals surface area (Å²) in [5.41, 5.74) is 9.73. The highest BCUT2D eigenvalue weighted by Gasteiger charge is 2.35. The molecule has 4 nitrogen and oxygen atoms in total. The third kappa shape index (κ3) is 31.5. The summed E-state index contributed by atoms with van der Waals surface area (Å²) in [4.78, 5) is 25.8. The van der Waals surface area contributed by atoms with Crippen LogP contribution >= 0.6 is 0 Å².